The van der Waals surface area contributed by atoms with Crippen molar-refractivity contribution in [1.29, 1.82) is 0 Å². The molecular formula is C16H22N2O3. The minimum atomic E-state index is -0.239. The summed E-state index contributed by atoms with van der Waals surface area (Å²) in [4.78, 5) is 26.3. The lowest BCUT2D eigenvalue weighted by molar-refractivity contribution is -0.142. The van der Waals surface area contributed by atoms with Gasteiger partial charge in [0.2, 0.25) is 0 Å². The maximum absolute atomic E-state index is 12.8. The Balaban J connectivity index is 1.77. The number of nitrogens with zero attached hydrogens (tertiary/aromatic N) is 2. The third-order valence-corrected chi connectivity index (χ3v) is 4.46. The van der Waals surface area contributed by atoms with E-state index in [9.17, 15) is 9.59 Å². The number of ether oxygens (including phenoxy) is 1. The highest BCUT2D eigenvalue weighted by molar-refractivity contribution is 5.93. The van der Waals surface area contributed by atoms with Crippen LogP contribution in [0.15, 0.2) is 18.3 Å². The summed E-state index contributed by atoms with van der Waals surface area (Å²) in [7, 11) is 1.40. The Hall–Kier alpha value is -1.78. The summed E-state index contributed by atoms with van der Waals surface area (Å²) < 4.78 is 6.85. The first kappa shape index (κ1) is 14.2. The van der Waals surface area contributed by atoms with Crippen LogP contribution in [-0.2, 0) is 9.53 Å². The molecule has 0 N–H and O–H groups in total. The molecule has 1 saturated heterocycles. The van der Waals surface area contributed by atoms with Crippen LogP contribution >= 0.6 is 0 Å². The van der Waals surface area contributed by atoms with Gasteiger partial charge in [-0.2, -0.15) is 0 Å². The van der Waals surface area contributed by atoms with Gasteiger partial charge in [0.1, 0.15) is 5.69 Å². The number of amides is 1. The van der Waals surface area contributed by atoms with Crippen LogP contribution in [0.2, 0.25) is 0 Å². The molecule has 1 aromatic heterocycles. The number of piperidine rings is 1. The van der Waals surface area contributed by atoms with Gasteiger partial charge in [-0.3, -0.25) is 9.59 Å². The number of hydrogen-bond acceptors (Lipinski definition) is 3. The SMILES string of the molecule is COC(=O)CC1CCCCN1C(=O)c1cccn1C1CC1. The van der Waals surface area contributed by atoms with Gasteiger partial charge in [-0.15, -0.1) is 0 Å². The molecule has 0 radical (unpaired) electrons. The van der Waals surface area contributed by atoms with E-state index >= 15 is 0 Å². The molecule has 2 aliphatic rings. The highest BCUT2D eigenvalue weighted by Crippen LogP contribution is 2.36. The van der Waals surface area contributed by atoms with E-state index in [-0.39, 0.29) is 17.9 Å². The van der Waals surface area contributed by atoms with Crippen molar-refractivity contribution >= 4 is 11.9 Å². The van der Waals surface area contributed by atoms with Crippen LogP contribution in [0.25, 0.3) is 0 Å². The second-order valence-corrected chi connectivity index (χ2v) is 5.96. The molecule has 2 fully saturated rings. The Kier molecular flexibility index (Phi) is 3.99. The third kappa shape index (κ3) is 2.96. The highest BCUT2D eigenvalue weighted by Gasteiger charge is 2.33. The van der Waals surface area contributed by atoms with E-state index in [0.717, 1.165) is 44.3 Å². The standard InChI is InChI=1S/C16H22N2O3/c1-21-15(19)11-13-5-2-3-9-18(13)16(20)14-6-4-10-17(14)12-7-8-12/h4,6,10,12-13H,2-3,5,7-9,11H2,1H3. The average Bonchev–Trinajstić information content (AvgIpc) is 3.24. The second kappa shape index (κ2) is 5.92. The average molecular weight is 290 g/mol. The van der Waals surface area contributed by atoms with Gasteiger partial charge in [-0.05, 0) is 44.2 Å². The number of aromatic nitrogens is 1. The van der Waals surface area contributed by atoms with E-state index in [1.54, 1.807) is 0 Å². The highest BCUT2D eigenvalue weighted by atomic mass is 16.5. The Morgan fingerprint density at radius 1 is 1.29 bits per heavy atom. The Bertz CT molecular complexity index is 533. The number of methoxy groups -OCH3 is 1. The van der Waals surface area contributed by atoms with Gasteiger partial charge < -0.3 is 14.2 Å². The number of carbonyl (C=O) groups excluding carboxylic acids is 2. The van der Waals surface area contributed by atoms with Crippen molar-refractivity contribution in [2.75, 3.05) is 13.7 Å². The monoisotopic (exact) mass is 290 g/mol. The van der Waals surface area contributed by atoms with Crippen molar-refractivity contribution in [2.24, 2.45) is 0 Å². The van der Waals surface area contributed by atoms with Crippen LogP contribution in [0.3, 0.4) is 0 Å². The normalized spacial score (nSPS) is 22.1. The topological polar surface area (TPSA) is 51.5 Å². The molecule has 1 unspecified atom stereocenters. The first-order chi connectivity index (χ1) is 10.2. The summed E-state index contributed by atoms with van der Waals surface area (Å²) in [6.07, 6.45) is 7.55. The number of rotatable bonds is 4. The summed E-state index contributed by atoms with van der Waals surface area (Å²) in [6.45, 7) is 0.732. The molecule has 114 valence electrons. The Labute approximate surface area is 124 Å². The van der Waals surface area contributed by atoms with E-state index in [0.29, 0.717) is 12.5 Å². The molecule has 1 aliphatic carbocycles. The van der Waals surface area contributed by atoms with Gasteiger partial charge in [0, 0.05) is 24.8 Å². The van der Waals surface area contributed by atoms with Crippen LogP contribution in [0, 0.1) is 0 Å². The molecule has 3 rings (SSSR count). The molecule has 1 aliphatic heterocycles. The first-order valence-corrected chi connectivity index (χ1v) is 7.75. The second-order valence-electron chi connectivity index (χ2n) is 5.96. The van der Waals surface area contributed by atoms with Gasteiger partial charge in [0.25, 0.3) is 5.91 Å². The molecule has 5 nitrogen and oxygen atoms in total. The predicted molar refractivity (Wildman–Crippen MR) is 78.0 cm³/mol. The Morgan fingerprint density at radius 2 is 2.10 bits per heavy atom. The predicted octanol–water partition coefficient (Wildman–Crippen LogP) is 2.38. The smallest absolute Gasteiger partial charge is 0.307 e. The maximum atomic E-state index is 12.8. The quantitative estimate of drug-likeness (QED) is 0.800. The molecule has 1 atom stereocenters. The zero-order chi connectivity index (χ0) is 14.8. The lowest BCUT2D eigenvalue weighted by Crippen LogP contribution is -2.45. The van der Waals surface area contributed by atoms with E-state index in [1.165, 1.54) is 7.11 Å². The molecule has 0 spiro atoms. The molecule has 5 heteroatoms. The maximum Gasteiger partial charge on any atom is 0.307 e. The zero-order valence-electron chi connectivity index (χ0n) is 12.5. The van der Waals surface area contributed by atoms with Crippen molar-refractivity contribution in [2.45, 2.75) is 50.6 Å². The lowest BCUT2D eigenvalue weighted by Gasteiger charge is -2.35. The van der Waals surface area contributed by atoms with Crippen molar-refractivity contribution in [3.05, 3.63) is 24.0 Å². The minimum absolute atomic E-state index is 0.0266. The van der Waals surface area contributed by atoms with Crippen molar-refractivity contribution < 1.29 is 14.3 Å². The van der Waals surface area contributed by atoms with Crippen molar-refractivity contribution in [3.63, 3.8) is 0 Å². The molecule has 1 amide bonds. The molecule has 0 bridgehead atoms. The molecule has 1 aromatic rings. The van der Waals surface area contributed by atoms with Gasteiger partial charge in [-0.1, -0.05) is 0 Å². The van der Waals surface area contributed by atoms with Gasteiger partial charge in [-0.25, -0.2) is 0 Å². The Morgan fingerprint density at radius 3 is 2.81 bits per heavy atom. The third-order valence-electron chi connectivity index (χ3n) is 4.46. The van der Waals surface area contributed by atoms with Gasteiger partial charge in [0.15, 0.2) is 0 Å². The molecule has 0 aromatic carbocycles. The summed E-state index contributed by atoms with van der Waals surface area (Å²) in [5.74, 6) is -0.183. The number of esters is 1. The summed E-state index contributed by atoms with van der Waals surface area (Å²) in [5.41, 5.74) is 0.759. The lowest BCUT2D eigenvalue weighted by atomic mass is 9.99. The van der Waals surface area contributed by atoms with Crippen LogP contribution in [-0.4, -0.2) is 41.0 Å². The fraction of sp³-hybridized carbons (Fsp3) is 0.625. The number of hydrogen-bond donors (Lipinski definition) is 0. The molecule has 21 heavy (non-hydrogen) atoms. The summed E-state index contributed by atoms with van der Waals surface area (Å²) >= 11 is 0. The minimum Gasteiger partial charge on any atom is -0.469 e. The van der Waals surface area contributed by atoms with Crippen LogP contribution in [0.5, 0.6) is 0 Å². The van der Waals surface area contributed by atoms with Gasteiger partial charge in [0.05, 0.1) is 13.5 Å². The molecular weight excluding hydrogens is 268 g/mol. The number of likely N-dealkylation sites (tertiary alicyclic amines) is 1. The van der Waals surface area contributed by atoms with E-state index in [1.807, 2.05) is 23.2 Å². The fourth-order valence-corrected chi connectivity index (χ4v) is 3.15. The number of carbonyl (C=O) groups is 2. The van der Waals surface area contributed by atoms with Crippen LogP contribution < -0.4 is 0 Å². The first-order valence-electron chi connectivity index (χ1n) is 7.75. The molecule has 1 saturated carbocycles. The van der Waals surface area contributed by atoms with Crippen LogP contribution in [0.4, 0.5) is 0 Å². The largest absolute Gasteiger partial charge is 0.469 e. The van der Waals surface area contributed by atoms with E-state index < -0.39 is 0 Å². The molecule has 2 heterocycles. The van der Waals surface area contributed by atoms with Crippen molar-refractivity contribution in [3.8, 4) is 0 Å². The summed E-state index contributed by atoms with van der Waals surface area (Å²) in [5, 5.41) is 0. The van der Waals surface area contributed by atoms with Gasteiger partial charge >= 0.3 is 5.97 Å². The van der Waals surface area contributed by atoms with Crippen LogP contribution in [0.1, 0.15) is 55.1 Å². The van der Waals surface area contributed by atoms with Crippen molar-refractivity contribution in [1.82, 2.24) is 9.47 Å². The zero-order valence-corrected chi connectivity index (χ0v) is 12.5. The van der Waals surface area contributed by atoms with E-state index in [4.69, 9.17) is 4.74 Å². The van der Waals surface area contributed by atoms with E-state index in [2.05, 4.69) is 4.57 Å². The summed E-state index contributed by atoms with van der Waals surface area (Å²) in [6, 6.07) is 4.29. The fourth-order valence-electron chi connectivity index (χ4n) is 3.15.